The number of amides is 1. The van der Waals surface area contributed by atoms with Crippen LogP contribution in [0.2, 0.25) is 5.02 Å². The van der Waals surface area contributed by atoms with Crippen molar-refractivity contribution < 1.29 is 19.2 Å². The Morgan fingerprint density at radius 1 is 1.11 bits per heavy atom. The van der Waals surface area contributed by atoms with Crippen molar-refractivity contribution >= 4 is 29.2 Å². The van der Waals surface area contributed by atoms with Crippen LogP contribution in [0, 0.1) is 16.0 Å². The third kappa shape index (κ3) is 5.79. The van der Waals surface area contributed by atoms with Crippen LogP contribution in [0.5, 0.6) is 0 Å². The van der Waals surface area contributed by atoms with Gasteiger partial charge in [0.25, 0.3) is 11.6 Å². The van der Waals surface area contributed by atoms with Crippen LogP contribution >= 0.6 is 11.6 Å². The van der Waals surface area contributed by atoms with Gasteiger partial charge in [-0.3, -0.25) is 14.9 Å². The Bertz CT molecular complexity index is 819. The third-order valence-electron chi connectivity index (χ3n) is 3.84. The Morgan fingerprint density at radius 3 is 2.22 bits per heavy atom. The topological polar surface area (TPSA) is 98.5 Å². The quantitative estimate of drug-likeness (QED) is 0.441. The number of esters is 1. The molecule has 142 valence electrons. The molecule has 2 aromatic carbocycles. The number of hydrogen-bond donors (Lipinski definition) is 1. The molecule has 0 radical (unpaired) electrons. The number of carbonyl (C=O) groups excluding carboxylic acids is 2. The third-order valence-corrected chi connectivity index (χ3v) is 4.09. The van der Waals surface area contributed by atoms with Gasteiger partial charge in [0.05, 0.1) is 4.92 Å². The fourth-order valence-electron chi connectivity index (χ4n) is 2.28. The second kappa shape index (κ2) is 9.14. The highest BCUT2D eigenvalue weighted by molar-refractivity contribution is 6.30. The minimum absolute atomic E-state index is 0.0413. The number of carbonyl (C=O) groups is 2. The molecule has 0 saturated heterocycles. The number of non-ortho nitro benzene ring substituents is 1. The zero-order chi connectivity index (χ0) is 20.0. The number of hydrogen-bond acceptors (Lipinski definition) is 5. The number of nitrogens with zero attached hydrogens (tertiary/aromatic N) is 1. The fraction of sp³-hybridized carbons (Fsp3) is 0.263. The summed E-state index contributed by atoms with van der Waals surface area (Å²) in [6.07, 6.45) is 0. The van der Waals surface area contributed by atoms with E-state index >= 15 is 0 Å². The monoisotopic (exact) mass is 390 g/mol. The van der Waals surface area contributed by atoms with Gasteiger partial charge in [0.2, 0.25) is 0 Å². The summed E-state index contributed by atoms with van der Waals surface area (Å²) in [5.41, 5.74) is 0.953. The highest BCUT2D eigenvalue weighted by atomic mass is 35.5. The van der Waals surface area contributed by atoms with E-state index in [1.807, 2.05) is 0 Å². The maximum atomic E-state index is 12.4. The lowest BCUT2D eigenvalue weighted by molar-refractivity contribution is -0.384. The molecule has 8 heteroatoms. The van der Waals surface area contributed by atoms with Gasteiger partial charge >= 0.3 is 5.97 Å². The van der Waals surface area contributed by atoms with E-state index in [-0.39, 0.29) is 18.2 Å². The first kappa shape index (κ1) is 20.4. The van der Waals surface area contributed by atoms with E-state index in [2.05, 4.69) is 5.32 Å². The summed E-state index contributed by atoms with van der Waals surface area (Å²) >= 11 is 5.81. The molecule has 1 amide bonds. The molecule has 0 unspecified atom stereocenters. The van der Waals surface area contributed by atoms with Gasteiger partial charge in [-0.15, -0.1) is 0 Å². The summed E-state index contributed by atoms with van der Waals surface area (Å²) < 4.78 is 5.26. The van der Waals surface area contributed by atoms with Crippen molar-refractivity contribution in [2.75, 3.05) is 0 Å². The van der Waals surface area contributed by atoms with Crippen molar-refractivity contribution in [3.63, 3.8) is 0 Å². The number of ether oxygens (including phenoxy) is 1. The average molecular weight is 391 g/mol. The lowest BCUT2D eigenvalue weighted by atomic mass is 10.0. The molecule has 1 atom stereocenters. The van der Waals surface area contributed by atoms with E-state index in [1.165, 1.54) is 24.3 Å². The lowest BCUT2D eigenvalue weighted by Crippen LogP contribution is -2.45. The van der Waals surface area contributed by atoms with E-state index in [9.17, 15) is 19.7 Å². The predicted molar refractivity (Wildman–Crippen MR) is 100 cm³/mol. The van der Waals surface area contributed by atoms with Gasteiger partial charge in [-0.05, 0) is 47.9 Å². The summed E-state index contributed by atoms with van der Waals surface area (Å²) in [7, 11) is 0. The van der Waals surface area contributed by atoms with Gasteiger partial charge in [0, 0.05) is 22.7 Å². The van der Waals surface area contributed by atoms with Crippen LogP contribution in [0.4, 0.5) is 5.69 Å². The second-order valence-corrected chi connectivity index (χ2v) is 6.67. The van der Waals surface area contributed by atoms with Crippen molar-refractivity contribution in [1.82, 2.24) is 5.32 Å². The van der Waals surface area contributed by atoms with Gasteiger partial charge < -0.3 is 10.1 Å². The Kier molecular flexibility index (Phi) is 6.90. The van der Waals surface area contributed by atoms with Gasteiger partial charge in [-0.2, -0.15) is 0 Å². The normalized spacial score (nSPS) is 11.7. The largest absolute Gasteiger partial charge is 0.459 e. The zero-order valence-corrected chi connectivity index (χ0v) is 15.6. The molecule has 0 spiro atoms. The standard InChI is InChI=1S/C19H19ClN2O5/c1-12(2)17(21-18(23)14-5-7-15(20)8-6-14)19(24)27-11-13-3-9-16(10-4-13)22(25)26/h3-10,12,17H,11H2,1-2H3,(H,21,23)/t17-/m1/s1. The number of nitro groups is 1. The minimum Gasteiger partial charge on any atom is -0.459 e. The Hall–Kier alpha value is -2.93. The minimum atomic E-state index is -0.828. The smallest absolute Gasteiger partial charge is 0.329 e. The van der Waals surface area contributed by atoms with E-state index in [1.54, 1.807) is 38.1 Å². The van der Waals surface area contributed by atoms with Crippen molar-refractivity contribution in [3.05, 3.63) is 74.8 Å². The van der Waals surface area contributed by atoms with Crippen LogP contribution in [0.15, 0.2) is 48.5 Å². The number of halogens is 1. The van der Waals surface area contributed by atoms with Crippen molar-refractivity contribution in [3.8, 4) is 0 Å². The first-order valence-electron chi connectivity index (χ1n) is 8.24. The molecule has 27 heavy (non-hydrogen) atoms. The van der Waals surface area contributed by atoms with Crippen LogP contribution in [0.1, 0.15) is 29.8 Å². The molecule has 0 bridgehead atoms. The molecular weight excluding hydrogens is 372 g/mol. The van der Waals surface area contributed by atoms with Crippen LogP contribution in [-0.2, 0) is 16.1 Å². The molecule has 0 aromatic heterocycles. The molecule has 7 nitrogen and oxygen atoms in total. The van der Waals surface area contributed by atoms with Crippen molar-refractivity contribution in [2.45, 2.75) is 26.5 Å². The lowest BCUT2D eigenvalue weighted by Gasteiger charge is -2.21. The molecule has 2 rings (SSSR count). The summed E-state index contributed by atoms with van der Waals surface area (Å²) in [4.78, 5) is 34.9. The van der Waals surface area contributed by atoms with Gasteiger partial charge in [0.1, 0.15) is 12.6 Å². The number of nitro benzene ring substituents is 1. The molecule has 0 aliphatic rings. The van der Waals surface area contributed by atoms with Crippen LogP contribution < -0.4 is 5.32 Å². The number of benzene rings is 2. The van der Waals surface area contributed by atoms with E-state index in [0.717, 1.165) is 0 Å². The van der Waals surface area contributed by atoms with Crippen molar-refractivity contribution in [1.29, 1.82) is 0 Å². The van der Waals surface area contributed by atoms with Gasteiger partial charge in [0.15, 0.2) is 0 Å². The van der Waals surface area contributed by atoms with Crippen LogP contribution in [-0.4, -0.2) is 22.8 Å². The molecule has 0 heterocycles. The van der Waals surface area contributed by atoms with E-state index in [4.69, 9.17) is 16.3 Å². The maximum absolute atomic E-state index is 12.4. The molecular formula is C19H19ClN2O5. The average Bonchev–Trinajstić information content (AvgIpc) is 2.64. The SMILES string of the molecule is CC(C)[C@@H](NC(=O)c1ccc(Cl)cc1)C(=O)OCc1ccc([N+](=O)[O-])cc1. The Labute approximate surface area is 161 Å². The maximum Gasteiger partial charge on any atom is 0.329 e. The highest BCUT2D eigenvalue weighted by Gasteiger charge is 2.26. The molecule has 0 aliphatic carbocycles. The fourth-order valence-corrected chi connectivity index (χ4v) is 2.41. The summed E-state index contributed by atoms with van der Waals surface area (Å²) in [6.45, 7) is 3.54. The molecule has 0 fully saturated rings. The molecule has 0 aliphatic heterocycles. The summed E-state index contributed by atoms with van der Waals surface area (Å²) in [5, 5.41) is 13.8. The number of rotatable bonds is 7. The second-order valence-electron chi connectivity index (χ2n) is 6.23. The molecule has 2 aromatic rings. The van der Waals surface area contributed by atoms with E-state index in [0.29, 0.717) is 16.1 Å². The summed E-state index contributed by atoms with van der Waals surface area (Å²) in [5.74, 6) is -1.17. The first-order chi connectivity index (χ1) is 12.8. The Morgan fingerprint density at radius 2 is 1.70 bits per heavy atom. The first-order valence-corrected chi connectivity index (χ1v) is 8.62. The number of nitrogens with one attached hydrogen (secondary N) is 1. The predicted octanol–water partition coefficient (Wildman–Crippen LogP) is 3.75. The van der Waals surface area contributed by atoms with Crippen LogP contribution in [0.3, 0.4) is 0 Å². The molecule has 0 saturated carbocycles. The van der Waals surface area contributed by atoms with Gasteiger partial charge in [-0.1, -0.05) is 25.4 Å². The Balaban J connectivity index is 1.98. The van der Waals surface area contributed by atoms with E-state index < -0.39 is 22.8 Å². The molecule has 1 N–H and O–H groups in total. The highest BCUT2D eigenvalue weighted by Crippen LogP contribution is 2.14. The van der Waals surface area contributed by atoms with Crippen LogP contribution in [0.25, 0.3) is 0 Å². The van der Waals surface area contributed by atoms with Crippen molar-refractivity contribution in [2.24, 2.45) is 5.92 Å². The van der Waals surface area contributed by atoms with Gasteiger partial charge in [-0.25, -0.2) is 4.79 Å². The summed E-state index contributed by atoms with van der Waals surface area (Å²) in [6, 6.07) is 11.2. The zero-order valence-electron chi connectivity index (χ0n) is 14.8.